The first-order chi connectivity index (χ1) is 16.2. The molecular formula is C32H63NO2. The van der Waals surface area contributed by atoms with Gasteiger partial charge < -0.3 is 14.8 Å². The van der Waals surface area contributed by atoms with Crippen molar-refractivity contribution in [1.29, 1.82) is 0 Å². The van der Waals surface area contributed by atoms with Crippen molar-refractivity contribution in [3.05, 3.63) is 48.1 Å². The number of aliphatic hydroxyl groups excluding tert-OH is 1. The third kappa shape index (κ3) is 28.7. The molecule has 3 heteroatoms. The van der Waals surface area contributed by atoms with Crippen LogP contribution in [0.5, 0.6) is 0 Å². The second kappa shape index (κ2) is 30.6. The molecule has 1 N–H and O–H groups in total. The lowest BCUT2D eigenvalue weighted by Gasteiger charge is -2.25. The van der Waals surface area contributed by atoms with Crippen molar-refractivity contribution in [1.82, 2.24) is 4.90 Å². The van der Waals surface area contributed by atoms with E-state index in [0.717, 1.165) is 38.4 Å². The smallest absolute Gasteiger partial charge is 0.133 e. The van der Waals surface area contributed by atoms with Crippen molar-refractivity contribution in [2.45, 2.75) is 120 Å². The molecule has 35 heavy (non-hydrogen) atoms. The summed E-state index contributed by atoms with van der Waals surface area (Å²) in [6.45, 7) is 19.2. The third-order valence-corrected chi connectivity index (χ3v) is 5.62. The van der Waals surface area contributed by atoms with Crippen LogP contribution < -0.4 is 0 Å². The molecule has 0 saturated carbocycles. The zero-order chi connectivity index (χ0) is 26.8. The molecule has 0 aromatic heterocycles. The molecule has 0 spiro atoms. The summed E-state index contributed by atoms with van der Waals surface area (Å²) in [6, 6.07) is 0. The minimum Gasteiger partial charge on any atom is -0.393 e. The lowest BCUT2D eigenvalue weighted by molar-refractivity contribution is -0.108. The van der Waals surface area contributed by atoms with Gasteiger partial charge in [0.25, 0.3) is 0 Å². The average Bonchev–Trinajstić information content (AvgIpc) is 2.80. The molecule has 0 heterocycles. The maximum atomic E-state index is 10.1. The number of aliphatic hydroxyl groups is 1. The first kappa shape index (κ1) is 40.7. The second-order valence-corrected chi connectivity index (χ2v) is 9.20. The van der Waals surface area contributed by atoms with Gasteiger partial charge in [0.1, 0.15) is 6.29 Å². The van der Waals surface area contributed by atoms with Crippen molar-refractivity contribution in [3.63, 3.8) is 0 Å². The SMILES string of the molecule is C.C/C=C\C(=C/CC)CCC.C=CCC1CC/C(C)=C/CCC(C)C(O)C1.CC.CN(C)CC=O. The third-order valence-electron chi connectivity index (χ3n) is 5.62. The molecule has 3 nitrogen and oxygen atoms in total. The predicted molar refractivity (Wildman–Crippen MR) is 161 cm³/mol. The highest BCUT2D eigenvalue weighted by Crippen LogP contribution is 2.27. The Hall–Kier alpha value is -1.45. The van der Waals surface area contributed by atoms with Crippen molar-refractivity contribution >= 4 is 6.29 Å². The Kier molecular flexibility index (Phi) is 35.6. The summed E-state index contributed by atoms with van der Waals surface area (Å²) in [5.41, 5.74) is 2.99. The van der Waals surface area contributed by atoms with Crippen LogP contribution in [0.15, 0.2) is 48.1 Å². The second-order valence-electron chi connectivity index (χ2n) is 9.20. The number of hydrogen-bond acceptors (Lipinski definition) is 3. The predicted octanol–water partition coefficient (Wildman–Crippen LogP) is 9.19. The number of nitrogens with zero attached hydrogens (tertiary/aromatic N) is 1. The highest BCUT2D eigenvalue weighted by molar-refractivity contribution is 5.51. The number of carbonyl (C=O) groups excluding carboxylic acids is 1. The van der Waals surface area contributed by atoms with Crippen molar-refractivity contribution in [2.75, 3.05) is 20.6 Å². The van der Waals surface area contributed by atoms with Crippen molar-refractivity contribution < 1.29 is 9.90 Å². The monoisotopic (exact) mass is 493 g/mol. The Morgan fingerprint density at radius 1 is 1.23 bits per heavy atom. The van der Waals surface area contributed by atoms with Crippen LogP contribution in [0, 0.1) is 11.8 Å². The lowest BCUT2D eigenvalue weighted by Crippen LogP contribution is -2.22. The van der Waals surface area contributed by atoms with Crippen LogP contribution in [-0.2, 0) is 4.79 Å². The largest absolute Gasteiger partial charge is 0.393 e. The normalized spacial score (nSPS) is 22.0. The summed E-state index contributed by atoms with van der Waals surface area (Å²) in [6.07, 6.45) is 21.9. The van der Waals surface area contributed by atoms with E-state index in [9.17, 15) is 9.90 Å². The topological polar surface area (TPSA) is 40.5 Å². The molecule has 0 aromatic carbocycles. The summed E-state index contributed by atoms with van der Waals surface area (Å²) in [5, 5.41) is 10.1. The van der Waals surface area contributed by atoms with E-state index in [1.807, 2.05) is 38.9 Å². The Morgan fingerprint density at radius 2 is 1.86 bits per heavy atom. The molecule has 0 amide bonds. The summed E-state index contributed by atoms with van der Waals surface area (Å²) >= 11 is 0. The quantitative estimate of drug-likeness (QED) is 0.208. The van der Waals surface area contributed by atoms with E-state index in [1.54, 1.807) is 0 Å². The van der Waals surface area contributed by atoms with Crippen LogP contribution in [-0.4, -0.2) is 43.0 Å². The lowest BCUT2D eigenvalue weighted by atomic mass is 9.85. The molecule has 3 atom stereocenters. The van der Waals surface area contributed by atoms with E-state index in [0.29, 0.717) is 18.4 Å². The summed E-state index contributed by atoms with van der Waals surface area (Å²) in [4.78, 5) is 11.4. The number of hydrogen-bond donors (Lipinski definition) is 1. The van der Waals surface area contributed by atoms with Crippen LogP contribution in [0.4, 0.5) is 0 Å². The Morgan fingerprint density at radius 3 is 2.29 bits per heavy atom. The van der Waals surface area contributed by atoms with Gasteiger partial charge in [-0.1, -0.05) is 90.0 Å². The van der Waals surface area contributed by atoms with Gasteiger partial charge in [0.05, 0.1) is 12.6 Å². The molecule has 0 bridgehead atoms. The molecule has 1 aliphatic carbocycles. The Balaban J connectivity index is -0.000000218. The standard InChI is InChI=1S/C15H26O.C10H18.C4H9NO.C2H6.CH4/c1-4-6-14-10-9-12(2)7-5-8-13(3)15(16)11-14;1-4-7-10(8-5-2)9-6-3;1-5(2)3-4-6;1-2;/h4,7,13-16H,1,5-6,8-11H2,2-3H3;4,7-8H,5-6,9H2,1-3H3;4H,3H2,1-2H3;1-2H3;1H4/b12-7+;7-4-,10-8+;;;. The molecule has 0 fully saturated rings. The molecule has 3 unspecified atom stereocenters. The minimum absolute atomic E-state index is 0. The van der Waals surface area contributed by atoms with E-state index < -0.39 is 0 Å². The fourth-order valence-corrected chi connectivity index (χ4v) is 3.63. The molecule has 0 saturated heterocycles. The van der Waals surface area contributed by atoms with E-state index in [2.05, 4.69) is 65.5 Å². The van der Waals surface area contributed by atoms with Crippen LogP contribution in [0.25, 0.3) is 0 Å². The molecule has 0 radical (unpaired) electrons. The van der Waals surface area contributed by atoms with E-state index in [4.69, 9.17) is 0 Å². The van der Waals surface area contributed by atoms with E-state index >= 15 is 0 Å². The highest BCUT2D eigenvalue weighted by atomic mass is 16.3. The maximum absolute atomic E-state index is 10.1. The van der Waals surface area contributed by atoms with Gasteiger partial charge in [0.2, 0.25) is 0 Å². The Bertz CT molecular complexity index is 546. The average molecular weight is 494 g/mol. The van der Waals surface area contributed by atoms with Gasteiger partial charge in [-0.3, -0.25) is 0 Å². The van der Waals surface area contributed by atoms with Gasteiger partial charge in [-0.25, -0.2) is 0 Å². The number of likely N-dealkylation sites (N-methyl/N-ethyl adjacent to an activating group) is 1. The van der Waals surface area contributed by atoms with Crippen LogP contribution in [0.2, 0.25) is 0 Å². The zero-order valence-electron chi connectivity index (χ0n) is 24.3. The fourth-order valence-electron chi connectivity index (χ4n) is 3.63. The maximum Gasteiger partial charge on any atom is 0.133 e. The van der Waals surface area contributed by atoms with Gasteiger partial charge in [-0.05, 0) is 91.1 Å². The van der Waals surface area contributed by atoms with Gasteiger partial charge in [0, 0.05) is 0 Å². The zero-order valence-corrected chi connectivity index (χ0v) is 24.3. The van der Waals surface area contributed by atoms with Crippen LogP contribution in [0.3, 0.4) is 0 Å². The van der Waals surface area contributed by atoms with E-state index in [-0.39, 0.29) is 13.5 Å². The number of rotatable bonds is 8. The highest BCUT2D eigenvalue weighted by Gasteiger charge is 2.19. The summed E-state index contributed by atoms with van der Waals surface area (Å²) < 4.78 is 0. The molecule has 208 valence electrons. The molecule has 0 aromatic rings. The minimum atomic E-state index is -0.128. The number of carbonyl (C=O) groups is 1. The fraction of sp³-hybridized carbons (Fsp3) is 0.719. The molecular weight excluding hydrogens is 430 g/mol. The van der Waals surface area contributed by atoms with E-state index in [1.165, 1.54) is 36.8 Å². The van der Waals surface area contributed by atoms with Crippen LogP contribution in [0.1, 0.15) is 114 Å². The van der Waals surface area contributed by atoms with Gasteiger partial charge in [0.15, 0.2) is 0 Å². The number of allylic oxidation sites excluding steroid dienone is 7. The summed E-state index contributed by atoms with van der Waals surface area (Å²) in [7, 11) is 3.71. The molecule has 1 aliphatic rings. The molecule has 0 aliphatic heterocycles. The van der Waals surface area contributed by atoms with Crippen molar-refractivity contribution in [2.24, 2.45) is 11.8 Å². The van der Waals surface area contributed by atoms with Gasteiger partial charge >= 0.3 is 0 Å². The first-order valence-electron chi connectivity index (χ1n) is 13.6. The molecule has 1 rings (SSSR count). The first-order valence-corrected chi connectivity index (χ1v) is 13.6. The summed E-state index contributed by atoms with van der Waals surface area (Å²) in [5.74, 6) is 1.03. The van der Waals surface area contributed by atoms with Crippen LogP contribution >= 0.6 is 0 Å². The number of aldehydes is 1. The van der Waals surface area contributed by atoms with Crippen molar-refractivity contribution in [3.8, 4) is 0 Å². The van der Waals surface area contributed by atoms with Gasteiger partial charge in [-0.15, -0.1) is 6.58 Å². The Labute approximate surface area is 221 Å². The van der Waals surface area contributed by atoms with Gasteiger partial charge in [-0.2, -0.15) is 0 Å².